The Bertz CT molecular complexity index is 1230. The number of alkyl carbamates (subject to hydrolysis) is 1. The van der Waals surface area contributed by atoms with E-state index in [-0.39, 0.29) is 24.0 Å². The fourth-order valence-corrected chi connectivity index (χ4v) is 4.09. The summed E-state index contributed by atoms with van der Waals surface area (Å²) in [6.45, 7) is -0.0490. The second kappa shape index (κ2) is 9.92. The van der Waals surface area contributed by atoms with Crippen molar-refractivity contribution < 1.29 is 33.0 Å². The lowest BCUT2D eigenvalue weighted by atomic mass is 9.98. The van der Waals surface area contributed by atoms with Crippen LogP contribution in [-0.4, -0.2) is 51.9 Å². The Morgan fingerprint density at radius 2 is 1.69 bits per heavy atom. The van der Waals surface area contributed by atoms with Gasteiger partial charge in [-0.15, -0.1) is 0 Å². The van der Waals surface area contributed by atoms with Crippen molar-refractivity contribution in [2.24, 2.45) is 7.05 Å². The van der Waals surface area contributed by atoms with Crippen molar-refractivity contribution in [3.63, 3.8) is 0 Å². The molecule has 4 rings (SSSR count). The molecule has 2 amide bonds. The maximum atomic E-state index is 13.1. The van der Waals surface area contributed by atoms with Crippen LogP contribution in [0.2, 0.25) is 0 Å². The van der Waals surface area contributed by atoms with Crippen LogP contribution in [0, 0.1) is 0 Å². The first kappa shape index (κ1) is 23.9. The summed E-state index contributed by atoms with van der Waals surface area (Å²) >= 11 is 0. The summed E-state index contributed by atoms with van der Waals surface area (Å²) in [5.41, 5.74) is 3.69. The van der Waals surface area contributed by atoms with Crippen molar-refractivity contribution in [1.29, 1.82) is 0 Å². The Labute approximate surface area is 198 Å². The summed E-state index contributed by atoms with van der Waals surface area (Å²) in [7, 11) is 1.38. The highest BCUT2D eigenvalue weighted by Crippen LogP contribution is 2.44. The van der Waals surface area contributed by atoms with E-state index in [1.165, 1.54) is 7.05 Å². The molecule has 11 heteroatoms. The van der Waals surface area contributed by atoms with Crippen LogP contribution < -0.4 is 10.6 Å². The van der Waals surface area contributed by atoms with E-state index < -0.39 is 36.9 Å². The number of hydrogen-bond donors (Lipinski definition) is 3. The number of fused-ring (bicyclic) bond motifs is 3. The van der Waals surface area contributed by atoms with Gasteiger partial charge in [-0.05, 0) is 22.3 Å². The van der Waals surface area contributed by atoms with E-state index in [0.29, 0.717) is 0 Å². The molecule has 0 aliphatic heterocycles. The van der Waals surface area contributed by atoms with Crippen molar-refractivity contribution in [2.75, 3.05) is 11.9 Å². The largest absolute Gasteiger partial charge is 0.476 e. The molecule has 1 aliphatic carbocycles. The number of carboxylic acid groups (broad SMARTS) is 1. The van der Waals surface area contributed by atoms with Crippen LogP contribution in [0.25, 0.3) is 11.1 Å². The SMILES string of the molecule is Cn1nc(C(=O)O)cc1NC(=O)C(CC(F)F)NC(=O)OCC1c2ccccc2-c2ccccc21. The zero-order valence-corrected chi connectivity index (χ0v) is 18.6. The smallest absolute Gasteiger partial charge is 0.407 e. The van der Waals surface area contributed by atoms with Crippen LogP contribution in [0.4, 0.5) is 19.4 Å². The number of halogens is 2. The van der Waals surface area contributed by atoms with Crippen molar-refractivity contribution in [3.8, 4) is 11.1 Å². The number of aromatic carboxylic acids is 1. The van der Waals surface area contributed by atoms with Gasteiger partial charge in [0, 0.05) is 25.5 Å². The number of aromatic nitrogens is 2. The van der Waals surface area contributed by atoms with Gasteiger partial charge in [0.15, 0.2) is 5.69 Å². The summed E-state index contributed by atoms with van der Waals surface area (Å²) in [4.78, 5) is 36.1. The second-order valence-corrected chi connectivity index (χ2v) is 7.98. The van der Waals surface area contributed by atoms with Gasteiger partial charge in [-0.3, -0.25) is 9.48 Å². The predicted octanol–water partition coefficient (Wildman–Crippen LogP) is 3.62. The summed E-state index contributed by atoms with van der Waals surface area (Å²) in [5.74, 6) is -2.54. The lowest BCUT2D eigenvalue weighted by molar-refractivity contribution is -0.119. The highest BCUT2D eigenvalue weighted by atomic mass is 19.3. The molecule has 182 valence electrons. The summed E-state index contributed by atoms with van der Waals surface area (Å²) in [5, 5.41) is 17.2. The fraction of sp³-hybridized carbons (Fsp3) is 0.250. The summed E-state index contributed by atoms with van der Waals surface area (Å²) in [6.07, 6.45) is -4.87. The first-order chi connectivity index (χ1) is 16.7. The third kappa shape index (κ3) is 5.13. The molecule has 3 N–H and O–H groups in total. The number of benzene rings is 2. The zero-order chi connectivity index (χ0) is 25.1. The monoisotopic (exact) mass is 484 g/mol. The number of nitrogens with zero attached hydrogens (tertiary/aromatic N) is 2. The zero-order valence-electron chi connectivity index (χ0n) is 18.6. The van der Waals surface area contributed by atoms with Crippen LogP contribution in [0.5, 0.6) is 0 Å². The Hall–Kier alpha value is -4.28. The van der Waals surface area contributed by atoms with Gasteiger partial charge in [0.1, 0.15) is 18.5 Å². The molecule has 1 unspecified atom stereocenters. The van der Waals surface area contributed by atoms with E-state index in [9.17, 15) is 23.2 Å². The topological polar surface area (TPSA) is 123 Å². The first-order valence-electron chi connectivity index (χ1n) is 10.7. The molecular weight excluding hydrogens is 462 g/mol. The van der Waals surface area contributed by atoms with E-state index in [0.717, 1.165) is 33.0 Å². The minimum atomic E-state index is -2.89. The number of anilines is 1. The average Bonchev–Trinajstić information content (AvgIpc) is 3.35. The normalized spacial score (nSPS) is 13.1. The van der Waals surface area contributed by atoms with Crippen LogP contribution in [0.1, 0.15) is 34.0 Å². The van der Waals surface area contributed by atoms with Crippen LogP contribution in [-0.2, 0) is 16.6 Å². The number of rotatable bonds is 8. The molecule has 0 radical (unpaired) electrons. The molecule has 1 aromatic heterocycles. The summed E-state index contributed by atoms with van der Waals surface area (Å²) in [6, 6.07) is 14.9. The minimum Gasteiger partial charge on any atom is -0.476 e. The standard InChI is InChI=1S/C24H22F2N4O5/c1-30-21(11-19(29-30)23(32)33)28-22(31)18(10-20(25)26)27-24(34)35-12-17-15-8-4-2-6-13(15)14-7-3-5-9-16(14)17/h2-9,11,17-18,20H,10,12H2,1H3,(H,27,34)(H,28,31)(H,32,33). The average molecular weight is 484 g/mol. The van der Waals surface area contributed by atoms with Crippen molar-refractivity contribution >= 4 is 23.8 Å². The molecule has 0 bridgehead atoms. The van der Waals surface area contributed by atoms with Crippen LogP contribution >= 0.6 is 0 Å². The van der Waals surface area contributed by atoms with Gasteiger partial charge in [0.25, 0.3) is 0 Å². The maximum Gasteiger partial charge on any atom is 0.407 e. The fourth-order valence-electron chi connectivity index (χ4n) is 4.09. The van der Waals surface area contributed by atoms with Gasteiger partial charge < -0.3 is 20.5 Å². The number of aryl methyl sites for hydroxylation is 1. The highest BCUT2D eigenvalue weighted by Gasteiger charge is 2.31. The molecule has 0 fully saturated rings. The molecule has 35 heavy (non-hydrogen) atoms. The van der Waals surface area contributed by atoms with Crippen molar-refractivity contribution in [3.05, 3.63) is 71.4 Å². The lowest BCUT2D eigenvalue weighted by Gasteiger charge is -2.19. The van der Waals surface area contributed by atoms with Gasteiger partial charge in [-0.2, -0.15) is 5.10 Å². The van der Waals surface area contributed by atoms with Crippen LogP contribution in [0.15, 0.2) is 54.6 Å². The number of carbonyl (C=O) groups is 3. The van der Waals surface area contributed by atoms with Gasteiger partial charge >= 0.3 is 12.1 Å². The number of nitrogens with one attached hydrogen (secondary N) is 2. The molecular formula is C24H22F2N4O5. The molecule has 1 aliphatic rings. The number of amides is 2. The number of alkyl halides is 2. The van der Waals surface area contributed by atoms with Gasteiger partial charge in [-0.1, -0.05) is 48.5 Å². The quantitative estimate of drug-likeness (QED) is 0.449. The molecule has 1 heterocycles. The third-order valence-corrected chi connectivity index (χ3v) is 5.72. The Morgan fingerprint density at radius 3 is 2.23 bits per heavy atom. The molecule has 1 atom stereocenters. The van der Waals surface area contributed by atoms with Crippen molar-refractivity contribution in [1.82, 2.24) is 15.1 Å². The van der Waals surface area contributed by atoms with E-state index >= 15 is 0 Å². The van der Waals surface area contributed by atoms with E-state index in [4.69, 9.17) is 9.84 Å². The van der Waals surface area contributed by atoms with E-state index in [2.05, 4.69) is 15.7 Å². The number of ether oxygens (including phenoxy) is 1. The van der Waals surface area contributed by atoms with Crippen LogP contribution in [0.3, 0.4) is 0 Å². The molecule has 3 aromatic rings. The molecule has 9 nitrogen and oxygen atoms in total. The number of hydrogen-bond acceptors (Lipinski definition) is 5. The highest BCUT2D eigenvalue weighted by molar-refractivity contribution is 5.97. The predicted molar refractivity (Wildman–Crippen MR) is 121 cm³/mol. The number of carbonyl (C=O) groups excluding carboxylic acids is 2. The molecule has 0 spiro atoms. The Balaban J connectivity index is 1.43. The second-order valence-electron chi connectivity index (χ2n) is 7.98. The van der Waals surface area contributed by atoms with E-state index in [1.807, 2.05) is 48.5 Å². The third-order valence-electron chi connectivity index (χ3n) is 5.72. The van der Waals surface area contributed by atoms with Gasteiger partial charge in [0.2, 0.25) is 12.3 Å². The van der Waals surface area contributed by atoms with E-state index in [1.54, 1.807) is 0 Å². The summed E-state index contributed by atoms with van der Waals surface area (Å²) < 4.78 is 32.7. The Kier molecular flexibility index (Phi) is 6.76. The van der Waals surface area contributed by atoms with Gasteiger partial charge in [-0.25, -0.2) is 18.4 Å². The minimum absolute atomic E-state index is 0.0268. The maximum absolute atomic E-state index is 13.1. The lowest BCUT2D eigenvalue weighted by Crippen LogP contribution is -2.45. The number of carboxylic acids is 1. The first-order valence-corrected chi connectivity index (χ1v) is 10.7. The Morgan fingerprint density at radius 1 is 1.09 bits per heavy atom. The van der Waals surface area contributed by atoms with Crippen molar-refractivity contribution in [2.45, 2.75) is 24.8 Å². The molecule has 2 aromatic carbocycles. The molecule has 0 saturated carbocycles. The molecule has 0 saturated heterocycles. The van der Waals surface area contributed by atoms with Gasteiger partial charge in [0.05, 0.1) is 0 Å².